The van der Waals surface area contributed by atoms with Crippen molar-refractivity contribution in [2.75, 3.05) is 40.1 Å². The first kappa shape index (κ1) is 19.1. The zero-order chi connectivity index (χ0) is 19.7. The summed E-state index contributed by atoms with van der Waals surface area (Å²) in [6.45, 7) is 6.12. The molecule has 1 saturated heterocycles. The van der Waals surface area contributed by atoms with Gasteiger partial charge in [-0.2, -0.15) is 0 Å². The number of aryl methyl sites for hydroxylation is 1. The Labute approximate surface area is 173 Å². The monoisotopic (exact) mass is 446 g/mol. The number of ether oxygens (including phenoxy) is 3. The van der Waals surface area contributed by atoms with Crippen LogP contribution in [0.1, 0.15) is 21.5 Å². The van der Waals surface area contributed by atoms with Crippen molar-refractivity contribution in [2.24, 2.45) is 0 Å². The highest BCUT2D eigenvalue weighted by molar-refractivity contribution is 9.10. The van der Waals surface area contributed by atoms with E-state index in [9.17, 15) is 4.79 Å². The van der Waals surface area contributed by atoms with E-state index < -0.39 is 0 Å². The van der Waals surface area contributed by atoms with E-state index in [1.807, 2.05) is 42.2 Å². The second-order valence-corrected chi connectivity index (χ2v) is 7.90. The van der Waals surface area contributed by atoms with Gasteiger partial charge < -0.3 is 19.1 Å². The van der Waals surface area contributed by atoms with Crippen molar-refractivity contribution in [3.05, 3.63) is 51.5 Å². The molecule has 0 spiro atoms. The third kappa shape index (κ3) is 3.82. The number of methoxy groups -OCH3 is 1. The SMILES string of the molecule is COc1cc(C(=O)N2CCN(Cc3cc4c(cc3Br)OCO4)CC2)ccc1C. The predicted octanol–water partition coefficient (Wildman–Crippen LogP) is 3.45. The number of hydrogen-bond acceptors (Lipinski definition) is 5. The van der Waals surface area contributed by atoms with Crippen LogP contribution >= 0.6 is 15.9 Å². The molecule has 28 heavy (non-hydrogen) atoms. The van der Waals surface area contributed by atoms with Gasteiger partial charge in [-0.25, -0.2) is 0 Å². The first-order valence-electron chi connectivity index (χ1n) is 9.29. The van der Waals surface area contributed by atoms with Gasteiger partial charge >= 0.3 is 0 Å². The first-order chi connectivity index (χ1) is 13.5. The number of halogens is 1. The molecule has 4 rings (SSSR count). The summed E-state index contributed by atoms with van der Waals surface area (Å²) < 4.78 is 17.3. The van der Waals surface area contributed by atoms with E-state index in [2.05, 4.69) is 20.8 Å². The molecular formula is C21H23BrN2O4. The molecule has 1 fully saturated rings. The molecule has 2 aliphatic rings. The lowest BCUT2D eigenvalue weighted by Crippen LogP contribution is -2.48. The number of fused-ring (bicyclic) bond motifs is 1. The van der Waals surface area contributed by atoms with Gasteiger partial charge in [0.25, 0.3) is 5.91 Å². The molecule has 2 heterocycles. The zero-order valence-electron chi connectivity index (χ0n) is 16.0. The number of benzene rings is 2. The summed E-state index contributed by atoms with van der Waals surface area (Å²) in [6, 6.07) is 9.62. The molecule has 6 nitrogen and oxygen atoms in total. The lowest BCUT2D eigenvalue weighted by molar-refractivity contribution is 0.0628. The Kier molecular flexibility index (Phi) is 5.46. The van der Waals surface area contributed by atoms with Crippen LogP contribution in [0.5, 0.6) is 17.2 Å². The summed E-state index contributed by atoms with van der Waals surface area (Å²) in [6.07, 6.45) is 0. The number of hydrogen-bond donors (Lipinski definition) is 0. The van der Waals surface area contributed by atoms with E-state index >= 15 is 0 Å². The second kappa shape index (κ2) is 8.01. The molecule has 2 aromatic carbocycles. The lowest BCUT2D eigenvalue weighted by Gasteiger charge is -2.35. The Hall–Kier alpha value is -2.25. The third-order valence-corrected chi connectivity index (χ3v) is 5.99. The van der Waals surface area contributed by atoms with Crippen LogP contribution < -0.4 is 14.2 Å². The minimum atomic E-state index is 0.0576. The standard InChI is InChI=1S/C21H23BrN2O4/c1-14-3-4-15(9-18(14)26-2)21(25)24-7-5-23(6-8-24)12-16-10-19-20(11-17(16)22)28-13-27-19/h3-4,9-11H,5-8,12-13H2,1-2H3. The fraction of sp³-hybridized carbons (Fsp3) is 0.381. The van der Waals surface area contributed by atoms with Gasteiger partial charge in [0.2, 0.25) is 6.79 Å². The van der Waals surface area contributed by atoms with Crippen molar-refractivity contribution in [1.82, 2.24) is 9.80 Å². The number of amides is 1. The van der Waals surface area contributed by atoms with Crippen LogP contribution in [0.4, 0.5) is 0 Å². The number of rotatable bonds is 4. The average molecular weight is 447 g/mol. The minimum absolute atomic E-state index is 0.0576. The smallest absolute Gasteiger partial charge is 0.254 e. The third-order valence-electron chi connectivity index (χ3n) is 5.25. The van der Waals surface area contributed by atoms with Gasteiger partial charge in [-0.1, -0.05) is 22.0 Å². The maximum absolute atomic E-state index is 12.8. The maximum atomic E-state index is 12.8. The van der Waals surface area contributed by atoms with E-state index in [1.165, 1.54) is 0 Å². The molecule has 0 saturated carbocycles. The van der Waals surface area contributed by atoms with Crippen LogP contribution in [0.3, 0.4) is 0 Å². The summed E-state index contributed by atoms with van der Waals surface area (Å²) in [7, 11) is 1.63. The van der Waals surface area contributed by atoms with Crippen molar-refractivity contribution in [3.63, 3.8) is 0 Å². The minimum Gasteiger partial charge on any atom is -0.496 e. The summed E-state index contributed by atoms with van der Waals surface area (Å²) >= 11 is 3.62. The molecule has 0 atom stereocenters. The van der Waals surface area contributed by atoms with E-state index in [1.54, 1.807) is 7.11 Å². The Morgan fingerprint density at radius 3 is 2.54 bits per heavy atom. The van der Waals surface area contributed by atoms with Crippen LogP contribution in [0.2, 0.25) is 0 Å². The number of carbonyl (C=O) groups is 1. The molecular weight excluding hydrogens is 424 g/mol. The van der Waals surface area contributed by atoms with Crippen LogP contribution in [0.15, 0.2) is 34.8 Å². The topological polar surface area (TPSA) is 51.2 Å². The average Bonchev–Trinajstić information content (AvgIpc) is 3.16. The van der Waals surface area contributed by atoms with Gasteiger partial charge in [-0.15, -0.1) is 0 Å². The maximum Gasteiger partial charge on any atom is 0.254 e. The molecule has 0 aliphatic carbocycles. The van der Waals surface area contributed by atoms with Crippen molar-refractivity contribution in [3.8, 4) is 17.2 Å². The molecule has 2 aliphatic heterocycles. The molecule has 148 valence electrons. The Morgan fingerprint density at radius 1 is 1.11 bits per heavy atom. The van der Waals surface area contributed by atoms with Gasteiger partial charge in [0.05, 0.1) is 7.11 Å². The van der Waals surface area contributed by atoms with E-state index in [0.29, 0.717) is 18.7 Å². The number of nitrogens with zero attached hydrogens (tertiary/aromatic N) is 2. The fourth-order valence-corrected chi connectivity index (χ4v) is 4.01. The fourth-order valence-electron chi connectivity index (χ4n) is 3.57. The second-order valence-electron chi connectivity index (χ2n) is 7.05. The molecule has 0 unspecified atom stereocenters. The lowest BCUT2D eigenvalue weighted by atomic mass is 10.1. The summed E-state index contributed by atoms with van der Waals surface area (Å²) in [5, 5.41) is 0. The molecule has 0 N–H and O–H groups in total. The Balaban J connectivity index is 1.38. The number of piperazine rings is 1. The largest absolute Gasteiger partial charge is 0.496 e. The van der Waals surface area contributed by atoms with E-state index in [-0.39, 0.29) is 12.7 Å². The summed E-state index contributed by atoms with van der Waals surface area (Å²) in [4.78, 5) is 17.1. The van der Waals surface area contributed by atoms with Crippen molar-refractivity contribution in [1.29, 1.82) is 0 Å². The highest BCUT2D eigenvalue weighted by Gasteiger charge is 2.24. The molecule has 0 bridgehead atoms. The van der Waals surface area contributed by atoms with Crippen molar-refractivity contribution >= 4 is 21.8 Å². The Morgan fingerprint density at radius 2 is 1.82 bits per heavy atom. The van der Waals surface area contributed by atoms with E-state index in [4.69, 9.17) is 14.2 Å². The molecule has 0 aromatic heterocycles. The van der Waals surface area contributed by atoms with Gasteiger partial charge in [-0.3, -0.25) is 9.69 Å². The summed E-state index contributed by atoms with van der Waals surface area (Å²) in [5.74, 6) is 2.37. The molecule has 7 heteroatoms. The zero-order valence-corrected chi connectivity index (χ0v) is 17.6. The first-order valence-corrected chi connectivity index (χ1v) is 10.1. The van der Waals surface area contributed by atoms with Gasteiger partial charge in [0.1, 0.15) is 5.75 Å². The van der Waals surface area contributed by atoms with Gasteiger partial charge in [-0.05, 0) is 42.3 Å². The molecule has 1 amide bonds. The van der Waals surface area contributed by atoms with Crippen molar-refractivity contribution < 1.29 is 19.0 Å². The number of carbonyl (C=O) groups excluding carboxylic acids is 1. The van der Waals surface area contributed by atoms with Crippen LogP contribution in [-0.2, 0) is 6.54 Å². The van der Waals surface area contributed by atoms with Crippen LogP contribution in [0.25, 0.3) is 0 Å². The highest BCUT2D eigenvalue weighted by Crippen LogP contribution is 2.37. The highest BCUT2D eigenvalue weighted by atomic mass is 79.9. The van der Waals surface area contributed by atoms with Crippen molar-refractivity contribution in [2.45, 2.75) is 13.5 Å². The van der Waals surface area contributed by atoms with Gasteiger partial charge in [0.15, 0.2) is 11.5 Å². The predicted molar refractivity (Wildman–Crippen MR) is 109 cm³/mol. The summed E-state index contributed by atoms with van der Waals surface area (Å²) in [5.41, 5.74) is 2.86. The molecule has 0 radical (unpaired) electrons. The van der Waals surface area contributed by atoms with Crippen LogP contribution in [0, 0.1) is 6.92 Å². The van der Waals surface area contributed by atoms with E-state index in [0.717, 1.165) is 52.5 Å². The molecule has 2 aromatic rings. The Bertz CT molecular complexity index is 894. The quantitative estimate of drug-likeness (QED) is 0.719. The normalized spacial score (nSPS) is 16.3. The van der Waals surface area contributed by atoms with Gasteiger partial charge in [0, 0.05) is 42.8 Å². The van der Waals surface area contributed by atoms with Crippen LogP contribution in [-0.4, -0.2) is 55.8 Å².